The number of hydrogen-bond acceptors (Lipinski definition) is 2. The lowest BCUT2D eigenvalue weighted by Crippen LogP contribution is -2.20. The van der Waals surface area contributed by atoms with Crippen molar-refractivity contribution < 1.29 is 0 Å². The quantitative estimate of drug-likeness (QED) is 0.758. The Balaban J connectivity index is 2.00. The summed E-state index contributed by atoms with van der Waals surface area (Å²) < 4.78 is 0. The zero-order valence-electron chi connectivity index (χ0n) is 11.4. The fourth-order valence-corrected chi connectivity index (χ4v) is 3.15. The summed E-state index contributed by atoms with van der Waals surface area (Å²) >= 11 is 7.99. The van der Waals surface area contributed by atoms with Crippen LogP contribution in [0.1, 0.15) is 41.8 Å². The summed E-state index contributed by atoms with van der Waals surface area (Å²) in [6.07, 6.45) is 2.35. The highest BCUT2D eigenvalue weighted by Gasteiger charge is 2.11. The molecule has 0 fully saturated rings. The van der Waals surface area contributed by atoms with Gasteiger partial charge in [-0.15, -0.1) is 11.3 Å². The molecule has 1 unspecified atom stereocenters. The Kier molecular flexibility index (Phi) is 5.44. The molecule has 1 aromatic heterocycles. The predicted octanol–water partition coefficient (Wildman–Crippen LogP) is 5.34. The molecule has 0 aliphatic rings. The fourth-order valence-electron chi connectivity index (χ4n) is 2.11. The zero-order chi connectivity index (χ0) is 13.7. The smallest absolute Gasteiger partial charge is 0.0438 e. The van der Waals surface area contributed by atoms with Crippen molar-refractivity contribution in [2.75, 3.05) is 0 Å². The summed E-state index contributed by atoms with van der Waals surface area (Å²) in [5.74, 6) is 0. The fraction of sp³-hybridized carbons (Fsp3) is 0.375. The van der Waals surface area contributed by atoms with Crippen molar-refractivity contribution in [2.45, 2.75) is 39.3 Å². The van der Waals surface area contributed by atoms with E-state index in [0.717, 1.165) is 17.1 Å². The molecule has 1 nitrogen and oxygen atoms in total. The second-order valence-corrected chi connectivity index (χ2v) is 6.21. The van der Waals surface area contributed by atoms with E-state index in [1.165, 1.54) is 23.3 Å². The molecule has 1 heterocycles. The number of benzene rings is 1. The van der Waals surface area contributed by atoms with E-state index in [1.807, 2.05) is 18.3 Å². The summed E-state index contributed by atoms with van der Waals surface area (Å²) in [4.78, 5) is 1.42. The first-order valence-electron chi connectivity index (χ1n) is 6.72. The predicted molar refractivity (Wildman–Crippen MR) is 85.0 cm³/mol. The molecule has 0 saturated heterocycles. The Morgan fingerprint density at radius 1 is 1.32 bits per heavy atom. The van der Waals surface area contributed by atoms with Gasteiger partial charge in [0, 0.05) is 22.5 Å². The van der Waals surface area contributed by atoms with E-state index < -0.39 is 0 Å². The van der Waals surface area contributed by atoms with Gasteiger partial charge in [0.15, 0.2) is 0 Å². The third-order valence-corrected chi connectivity index (χ3v) is 4.65. The minimum atomic E-state index is 0.449. The Morgan fingerprint density at radius 2 is 2.16 bits per heavy atom. The van der Waals surface area contributed by atoms with Gasteiger partial charge in [0.25, 0.3) is 0 Å². The number of rotatable bonds is 6. The highest BCUT2D eigenvalue weighted by Crippen LogP contribution is 2.24. The molecule has 0 aliphatic heterocycles. The zero-order valence-corrected chi connectivity index (χ0v) is 13.0. The number of aryl methyl sites for hydroxylation is 1. The average molecular weight is 294 g/mol. The molecule has 1 N–H and O–H groups in total. The number of hydrogen-bond donors (Lipinski definition) is 1. The molecule has 102 valence electrons. The third kappa shape index (κ3) is 4.07. The summed E-state index contributed by atoms with van der Waals surface area (Å²) in [5.41, 5.74) is 2.38. The van der Waals surface area contributed by atoms with E-state index in [1.54, 1.807) is 0 Å². The first-order chi connectivity index (χ1) is 9.20. The van der Waals surface area contributed by atoms with E-state index in [4.69, 9.17) is 11.6 Å². The van der Waals surface area contributed by atoms with Gasteiger partial charge in [-0.1, -0.05) is 43.1 Å². The van der Waals surface area contributed by atoms with Gasteiger partial charge in [0.1, 0.15) is 0 Å². The van der Waals surface area contributed by atoms with Crippen LogP contribution in [0.2, 0.25) is 5.02 Å². The topological polar surface area (TPSA) is 12.0 Å². The molecular weight excluding hydrogens is 274 g/mol. The standard InChI is InChI=1S/C16H20ClNS/c1-3-5-15(16-6-4-9-19-16)18-11-13-8-7-12(2)14(17)10-13/h4,6-10,15,18H,3,5,11H2,1-2H3. The van der Waals surface area contributed by atoms with Gasteiger partial charge in [-0.2, -0.15) is 0 Å². The molecule has 0 amide bonds. The summed E-state index contributed by atoms with van der Waals surface area (Å²) in [6.45, 7) is 5.12. The normalized spacial score (nSPS) is 12.6. The molecule has 0 saturated carbocycles. The maximum atomic E-state index is 6.16. The Morgan fingerprint density at radius 3 is 2.79 bits per heavy atom. The van der Waals surface area contributed by atoms with Gasteiger partial charge in [0.05, 0.1) is 0 Å². The van der Waals surface area contributed by atoms with Crippen LogP contribution in [-0.2, 0) is 6.54 Å². The van der Waals surface area contributed by atoms with Crippen molar-refractivity contribution in [3.05, 3.63) is 56.7 Å². The van der Waals surface area contributed by atoms with Crippen LogP contribution in [0.25, 0.3) is 0 Å². The second kappa shape index (κ2) is 7.09. The highest BCUT2D eigenvalue weighted by atomic mass is 35.5. The summed E-state index contributed by atoms with van der Waals surface area (Å²) in [7, 11) is 0. The van der Waals surface area contributed by atoms with Gasteiger partial charge in [-0.05, 0) is 42.0 Å². The average Bonchev–Trinajstić information content (AvgIpc) is 2.92. The third-order valence-electron chi connectivity index (χ3n) is 3.25. The highest BCUT2D eigenvalue weighted by molar-refractivity contribution is 7.10. The van der Waals surface area contributed by atoms with Crippen molar-refractivity contribution in [1.82, 2.24) is 5.32 Å². The Hall–Kier alpha value is -0.830. The largest absolute Gasteiger partial charge is 0.305 e. The molecule has 2 rings (SSSR count). The summed E-state index contributed by atoms with van der Waals surface area (Å²) in [5, 5.41) is 6.63. The Labute approximate surface area is 124 Å². The van der Waals surface area contributed by atoms with Crippen LogP contribution in [0.5, 0.6) is 0 Å². The van der Waals surface area contributed by atoms with Crippen molar-refractivity contribution in [3.63, 3.8) is 0 Å². The minimum absolute atomic E-state index is 0.449. The maximum Gasteiger partial charge on any atom is 0.0438 e. The molecule has 0 bridgehead atoms. The van der Waals surface area contributed by atoms with Crippen LogP contribution in [-0.4, -0.2) is 0 Å². The van der Waals surface area contributed by atoms with Crippen molar-refractivity contribution in [1.29, 1.82) is 0 Å². The molecule has 1 aromatic carbocycles. The monoisotopic (exact) mass is 293 g/mol. The van der Waals surface area contributed by atoms with E-state index in [9.17, 15) is 0 Å². The second-order valence-electron chi connectivity index (χ2n) is 4.82. The van der Waals surface area contributed by atoms with Crippen LogP contribution in [0.3, 0.4) is 0 Å². The van der Waals surface area contributed by atoms with Crippen LogP contribution in [0, 0.1) is 6.92 Å². The van der Waals surface area contributed by atoms with Crippen molar-refractivity contribution in [2.24, 2.45) is 0 Å². The van der Waals surface area contributed by atoms with Crippen molar-refractivity contribution in [3.8, 4) is 0 Å². The molecule has 0 radical (unpaired) electrons. The SMILES string of the molecule is CCCC(NCc1ccc(C)c(Cl)c1)c1cccs1. The lowest BCUT2D eigenvalue weighted by atomic mass is 10.1. The number of thiophene rings is 1. The summed E-state index contributed by atoms with van der Waals surface area (Å²) in [6, 6.07) is 11.1. The van der Waals surface area contributed by atoms with Crippen LogP contribution < -0.4 is 5.32 Å². The molecule has 1 atom stereocenters. The van der Waals surface area contributed by atoms with E-state index in [2.05, 4.69) is 48.0 Å². The minimum Gasteiger partial charge on any atom is -0.305 e. The number of nitrogens with one attached hydrogen (secondary N) is 1. The lowest BCUT2D eigenvalue weighted by Gasteiger charge is -2.17. The van der Waals surface area contributed by atoms with E-state index >= 15 is 0 Å². The van der Waals surface area contributed by atoms with Crippen LogP contribution >= 0.6 is 22.9 Å². The first kappa shape index (κ1) is 14.6. The number of halogens is 1. The van der Waals surface area contributed by atoms with Gasteiger partial charge in [0.2, 0.25) is 0 Å². The van der Waals surface area contributed by atoms with Gasteiger partial charge in [-0.25, -0.2) is 0 Å². The van der Waals surface area contributed by atoms with E-state index in [0.29, 0.717) is 6.04 Å². The van der Waals surface area contributed by atoms with Gasteiger partial charge < -0.3 is 5.32 Å². The van der Waals surface area contributed by atoms with Gasteiger partial charge >= 0.3 is 0 Å². The lowest BCUT2D eigenvalue weighted by molar-refractivity contribution is 0.500. The molecule has 3 heteroatoms. The van der Waals surface area contributed by atoms with Crippen LogP contribution in [0.15, 0.2) is 35.7 Å². The molecule has 19 heavy (non-hydrogen) atoms. The molecule has 2 aromatic rings. The van der Waals surface area contributed by atoms with E-state index in [-0.39, 0.29) is 0 Å². The maximum absolute atomic E-state index is 6.16. The molecule has 0 spiro atoms. The first-order valence-corrected chi connectivity index (χ1v) is 7.98. The van der Waals surface area contributed by atoms with Gasteiger partial charge in [-0.3, -0.25) is 0 Å². The van der Waals surface area contributed by atoms with Crippen LogP contribution in [0.4, 0.5) is 0 Å². The molecule has 0 aliphatic carbocycles. The Bertz CT molecular complexity index is 507. The van der Waals surface area contributed by atoms with Crippen molar-refractivity contribution >= 4 is 22.9 Å². The molecular formula is C16H20ClNS.